The molecular weight excluding hydrogens is 330 g/mol. The van der Waals surface area contributed by atoms with Gasteiger partial charge in [-0.1, -0.05) is 18.2 Å². The molecule has 0 radical (unpaired) electrons. The first-order chi connectivity index (χ1) is 12.8. The van der Waals surface area contributed by atoms with Crippen LogP contribution in [0.4, 0.5) is 0 Å². The van der Waals surface area contributed by atoms with Crippen molar-refractivity contribution < 1.29 is 9.53 Å². The number of nitrogens with one attached hydrogen (secondary N) is 1. The predicted octanol–water partition coefficient (Wildman–Crippen LogP) is 2.09. The van der Waals surface area contributed by atoms with E-state index in [-0.39, 0.29) is 17.7 Å². The van der Waals surface area contributed by atoms with Gasteiger partial charge in [0.2, 0.25) is 5.91 Å². The molecule has 1 aliphatic carbocycles. The Morgan fingerprint density at radius 1 is 1.31 bits per heavy atom. The van der Waals surface area contributed by atoms with Crippen LogP contribution in [0.5, 0.6) is 5.75 Å². The minimum Gasteiger partial charge on any atom is -0.497 e. The smallest absolute Gasteiger partial charge is 0.224 e. The van der Waals surface area contributed by atoms with E-state index in [0.29, 0.717) is 12.4 Å². The van der Waals surface area contributed by atoms with Gasteiger partial charge in [0.15, 0.2) is 5.82 Å². The van der Waals surface area contributed by atoms with E-state index in [1.165, 1.54) is 11.9 Å². The van der Waals surface area contributed by atoms with Gasteiger partial charge in [-0.05, 0) is 36.1 Å². The number of pyridine rings is 1. The van der Waals surface area contributed by atoms with Crippen molar-refractivity contribution in [3.05, 3.63) is 66.4 Å². The Kier molecular flexibility index (Phi) is 4.35. The van der Waals surface area contributed by atoms with E-state index >= 15 is 0 Å². The molecule has 2 heterocycles. The summed E-state index contributed by atoms with van der Waals surface area (Å²) in [6.45, 7) is 0.410. The van der Waals surface area contributed by atoms with Crippen molar-refractivity contribution in [1.29, 1.82) is 0 Å². The maximum atomic E-state index is 12.5. The molecule has 4 rings (SSSR count). The number of aromatic nitrogens is 4. The molecule has 2 unspecified atom stereocenters. The molecule has 132 valence electrons. The van der Waals surface area contributed by atoms with E-state index in [2.05, 4.69) is 20.4 Å². The zero-order valence-corrected chi connectivity index (χ0v) is 14.4. The van der Waals surface area contributed by atoms with Crippen molar-refractivity contribution in [3.8, 4) is 11.6 Å². The number of hydrogen-bond donors (Lipinski definition) is 1. The average molecular weight is 349 g/mol. The zero-order valence-electron chi connectivity index (χ0n) is 14.4. The molecule has 0 spiro atoms. The van der Waals surface area contributed by atoms with E-state index in [9.17, 15) is 4.79 Å². The van der Waals surface area contributed by atoms with E-state index in [4.69, 9.17) is 4.74 Å². The fourth-order valence-corrected chi connectivity index (χ4v) is 3.11. The first-order valence-electron chi connectivity index (χ1n) is 8.47. The summed E-state index contributed by atoms with van der Waals surface area (Å²) in [5.74, 6) is 1.87. The number of methoxy groups -OCH3 is 1. The van der Waals surface area contributed by atoms with Gasteiger partial charge in [-0.25, -0.2) is 14.6 Å². The molecule has 1 saturated carbocycles. The molecule has 2 aromatic heterocycles. The molecule has 2 atom stereocenters. The Hall–Kier alpha value is -3.22. The van der Waals surface area contributed by atoms with Crippen LogP contribution in [-0.4, -0.2) is 32.8 Å². The summed E-state index contributed by atoms with van der Waals surface area (Å²) in [5.41, 5.74) is 2.07. The minimum atomic E-state index is 0.0230. The second-order valence-corrected chi connectivity index (χ2v) is 6.27. The lowest BCUT2D eigenvalue weighted by atomic mass is 10.1. The predicted molar refractivity (Wildman–Crippen MR) is 94.8 cm³/mol. The van der Waals surface area contributed by atoms with Gasteiger partial charge in [-0.2, -0.15) is 5.10 Å². The second-order valence-electron chi connectivity index (χ2n) is 6.27. The Labute approximate surface area is 151 Å². The van der Waals surface area contributed by atoms with Crippen LogP contribution in [0.25, 0.3) is 5.82 Å². The monoisotopic (exact) mass is 349 g/mol. The molecule has 0 saturated heterocycles. The molecule has 1 fully saturated rings. The third kappa shape index (κ3) is 3.28. The van der Waals surface area contributed by atoms with Crippen molar-refractivity contribution in [2.24, 2.45) is 5.92 Å². The van der Waals surface area contributed by atoms with Gasteiger partial charge in [-0.3, -0.25) is 4.79 Å². The van der Waals surface area contributed by atoms with Gasteiger partial charge >= 0.3 is 0 Å². The van der Waals surface area contributed by atoms with Gasteiger partial charge in [-0.15, -0.1) is 0 Å². The molecular formula is C19H19N5O2. The highest BCUT2D eigenvalue weighted by Gasteiger charge is 2.43. The van der Waals surface area contributed by atoms with Crippen LogP contribution in [-0.2, 0) is 11.3 Å². The maximum Gasteiger partial charge on any atom is 0.224 e. The van der Waals surface area contributed by atoms with Gasteiger partial charge in [0.25, 0.3) is 0 Å². The molecule has 1 aromatic carbocycles. The number of amides is 1. The summed E-state index contributed by atoms with van der Waals surface area (Å²) in [5, 5.41) is 7.13. The third-order valence-corrected chi connectivity index (χ3v) is 4.63. The number of hydrogen-bond acceptors (Lipinski definition) is 5. The van der Waals surface area contributed by atoms with E-state index in [0.717, 1.165) is 17.7 Å². The van der Waals surface area contributed by atoms with Crippen LogP contribution in [0.15, 0.2) is 55.2 Å². The molecule has 26 heavy (non-hydrogen) atoms. The highest BCUT2D eigenvalue weighted by Crippen LogP contribution is 2.47. The van der Waals surface area contributed by atoms with E-state index in [1.807, 2.05) is 36.4 Å². The first kappa shape index (κ1) is 16.3. The number of rotatable bonds is 6. The van der Waals surface area contributed by atoms with Crippen molar-refractivity contribution in [2.45, 2.75) is 18.9 Å². The molecule has 1 aliphatic rings. The van der Waals surface area contributed by atoms with Gasteiger partial charge in [0.1, 0.15) is 18.4 Å². The van der Waals surface area contributed by atoms with Crippen LogP contribution in [0.2, 0.25) is 0 Å². The summed E-state index contributed by atoms with van der Waals surface area (Å²) in [7, 11) is 1.65. The third-order valence-electron chi connectivity index (χ3n) is 4.63. The highest BCUT2D eigenvalue weighted by atomic mass is 16.5. The number of carbonyl (C=O) groups is 1. The second kappa shape index (κ2) is 6.95. The molecule has 7 nitrogen and oxygen atoms in total. The van der Waals surface area contributed by atoms with E-state index in [1.54, 1.807) is 24.3 Å². The molecule has 1 N–H and O–H groups in total. The molecule has 1 amide bonds. The summed E-state index contributed by atoms with van der Waals surface area (Å²) in [6, 6.07) is 11.7. The lowest BCUT2D eigenvalue weighted by Gasteiger charge is -2.09. The quantitative estimate of drug-likeness (QED) is 0.737. The Morgan fingerprint density at radius 3 is 2.88 bits per heavy atom. The summed E-state index contributed by atoms with van der Waals surface area (Å²) < 4.78 is 6.77. The zero-order chi connectivity index (χ0) is 17.9. The number of ether oxygens (including phenoxy) is 1. The topological polar surface area (TPSA) is 81.9 Å². The molecule has 0 aliphatic heterocycles. The minimum absolute atomic E-state index is 0.0230. The summed E-state index contributed by atoms with van der Waals surface area (Å²) in [6.07, 6.45) is 5.62. The van der Waals surface area contributed by atoms with Crippen molar-refractivity contribution in [3.63, 3.8) is 0 Å². The van der Waals surface area contributed by atoms with E-state index < -0.39 is 0 Å². The van der Waals surface area contributed by atoms with Crippen LogP contribution < -0.4 is 10.1 Å². The molecule has 3 aromatic rings. The first-order valence-corrected chi connectivity index (χ1v) is 8.47. The van der Waals surface area contributed by atoms with Crippen LogP contribution in [0.1, 0.15) is 23.5 Å². The van der Waals surface area contributed by atoms with Crippen LogP contribution in [0.3, 0.4) is 0 Å². The molecule has 7 heteroatoms. The summed E-state index contributed by atoms with van der Waals surface area (Å²) in [4.78, 5) is 20.8. The van der Waals surface area contributed by atoms with Crippen LogP contribution in [0, 0.1) is 5.92 Å². The number of nitrogens with zero attached hydrogens (tertiary/aromatic N) is 4. The van der Waals surface area contributed by atoms with Gasteiger partial charge in [0.05, 0.1) is 7.11 Å². The lowest BCUT2D eigenvalue weighted by molar-refractivity contribution is -0.122. The number of carbonyl (C=O) groups excluding carboxylic acids is 1. The largest absolute Gasteiger partial charge is 0.497 e. The van der Waals surface area contributed by atoms with Crippen LogP contribution >= 0.6 is 0 Å². The standard InChI is InChI=1S/C19H19N5O2/c1-26-15-6-4-13(5-7-15)16-9-17(16)19(25)22-10-14-3-2-8-21-18(14)24-12-20-11-23-24/h2-8,11-12,16-17H,9-10H2,1H3,(H,22,25). The lowest BCUT2D eigenvalue weighted by Crippen LogP contribution is -2.25. The fourth-order valence-electron chi connectivity index (χ4n) is 3.11. The normalized spacial score (nSPS) is 18.3. The van der Waals surface area contributed by atoms with Crippen molar-refractivity contribution >= 4 is 5.91 Å². The Morgan fingerprint density at radius 2 is 2.15 bits per heavy atom. The average Bonchev–Trinajstić information content (AvgIpc) is 3.31. The number of benzene rings is 1. The molecule has 0 bridgehead atoms. The fraction of sp³-hybridized carbons (Fsp3) is 0.263. The van der Waals surface area contributed by atoms with Gasteiger partial charge < -0.3 is 10.1 Å². The highest BCUT2D eigenvalue weighted by molar-refractivity contribution is 5.82. The SMILES string of the molecule is COc1ccc(C2CC2C(=O)NCc2cccnc2-n2cncn2)cc1. The van der Waals surface area contributed by atoms with Crippen molar-refractivity contribution in [1.82, 2.24) is 25.1 Å². The van der Waals surface area contributed by atoms with Gasteiger partial charge in [0, 0.05) is 24.2 Å². The maximum absolute atomic E-state index is 12.5. The summed E-state index contributed by atoms with van der Waals surface area (Å²) >= 11 is 0. The Balaban J connectivity index is 1.38. The Bertz CT molecular complexity index is 893. The van der Waals surface area contributed by atoms with Crippen molar-refractivity contribution in [2.75, 3.05) is 7.11 Å².